The molecular weight excluding hydrogens is 402 g/mol. The molecule has 0 spiro atoms. The molecule has 0 fully saturated rings. The maximum atomic E-state index is 12.6. The fraction of sp³-hybridized carbons (Fsp3) is 0.208. The van der Waals surface area contributed by atoms with Crippen LogP contribution in [0.25, 0.3) is 0 Å². The number of hydrogen-bond acceptors (Lipinski definition) is 4. The molecule has 3 aromatic carbocycles. The van der Waals surface area contributed by atoms with Crippen LogP contribution in [0, 0.1) is 0 Å². The first-order valence-corrected chi connectivity index (χ1v) is 9.93. The van der Waals surface area contributed by atoms with Crippen molar-refractivity contribution in [2.45, 2.75) is 13.0 Å². The Morgan fingerprint density at radius 3 is 2.43 bits per heavy atom. The van der Waals surface area contributed by atoms with Crippen molar-refractivity contribution in [3.05, 3.63) is 88.4 Å². The molecule has 0 saturated carbocycles. The van der Waals surface area contributed by atoms with Crippen LogP contribution in [0.1, 0.15) is 21.5 Å². The molecule has 5 nitrogen and oxygen atoms in total. The van der Waals surface area contributed by atoms with Crippen LogP contribution >= 0.6 is 11.6 Å². The number of amides is 1. The highest BCUT2D eigenvalue weighted by Crippen LogP contribution is 2.24. The molecule has 0 aromatic heterocycles. The lowest BCUT2D eigenvalue weighted by Crippen LogP contribution is -2.25. The van der Waals surface area contributed by atoms with Crippen molar-refractivity contribution in [3.63, 3.8) is 0 Å². The summed E-state index contributed by atoms with van der Waals surface area (Å²) in [7, 11) is 3.23. The highest BCUT2D eigenvalue weighted by molar-refractivity contribution is 6.30. The Bertz CT molecular complexity index is 989. The molecule has 156 valence electrons. The maximum Gasteiger partial charge on any atom is 0.251 e. The minimum atomic E-state index is -0.143. The van der Waals surface area contributed by atoms with Gasteiger partial charge in [0, 0.05) is 22.7 Å². The summed E-state index contributed by atoms with van der Waals surface area (Å²) in [5.74, 6) is 1.98. The molecule has 0 heterocycles. The lowest BCUT2D eigenvalue weighted by molar-refractivity contribution is 0.0954. The van der Waals surface area contributed by atoms with Crippen LogP contribution in [0.2, 0.25) is 5.02 Å². The molecule has 0 aliphatic heterocycles. The van der Waals surface area contributed by atoms with Crippen LogP contribution in [0.15, 0.2) is 66.7 Å². The minimum absolute atomic E-state index is 0.143. The van der Waals surface area contributed by atoms with E-state index in [1.165, 1.54) is 0 Å². The normalized spacial score (nSPS) is 10.4. The van der Waals surface area contributed by atoms with Gasteiger partial charge in [-0.1, -0.05) is 29.8 Å². The quantitative estimate of drug-likeness (QED) is 0.529. The number of methoxy groups -OCH3 is 2. The first kappa shape index (κ1) is 21.5. The van der Waals surface area contributed by atoms with Gasteiger partial charge in [-0.2, -0.15) is 0 Å². The van der Waals surface area contributed by atoms with Gasteiger partial charge >= 0.3 is 0 Å². The molecule has 30 heavy (non-hydrogen) atoms. The second kappa shape index (κ2) is 10.6. The van der Waals surface area contributed by atoms with Crippen molar-refractivity contribution in [1.82, 2.24) is 5.32 Å². The van der Waals surface area contributed by atoms with Crippen LogP contribution in [0.5, 0.6) is 17.2 Å². The van der Waals surface area contributed by atoms with Gasteiger partial charge in [-0.3, -0.25) is 4.79 Å². The molecule has 1 N–H and O–H groups in total. The minimum Gasteiger partial charge on any atom is -0.497 e. The Morgan fingerprint density at radius 1 is 0.933 bits per heavy atom. The van der Waals surface area contributed by atoms with Crippen LogP contribution < -0.4 is 19.5 Å². The van der Waals surface area contributed by atoms with Gasteiger partial charge in [0.05, 0.1) is 14.2 Å². The largest absolute Gasteiger partial charge is 0.497 e. The third-order valence-corrected chi connectivity index (χ3v) is 4.83. The maximum absolute atomic E-state index is 12.6. The van der Waals surface area contributed by atoms with Gasteiger partial charge < -0.3 is 19.5 Å². The summed E-state index contributed by atoms with van der Waals surface area (Å²) in [4.78, 5) is 12.6. The van der Waals surface area contributed by atoms with E-state index in [0.29, 0.717) is 28.6 Å². The zero-order valence-corrected chi connectivity index (χ0v) is 17.7. The van der Waals surface area contributed by atoms with E-state index >= 15 is 0 Å². The van der Waals surface area contributed by atoms with E-state index in [0.717, 1.165) is 23.3 Å². The first-order valence-electron chi connectivity index (χ1n) is 9.55. The van der Waals surface area contributed by atoms with Crippen molar-refractivity contribution >= 4 is 17.5 Å². The smallest absolute Gasteiger partial charge is 0.251 e. The van der Waals surface area contributed by atoms with Gasteiger partial charge in [0.15, 0.2) is 0 Å². The first-order chi connectivity index (χ1) is 14.6. The van der Waals surface area contributed by atoms with E-state index in [-0.39, 0.29) is 12.5 Å². The van der Waals surface area contributed by atoms with Crippen molar-refractivity contribution in [3.8, 4) is 17.2 Å². The molecule has 6 heteroatoms. The highest BCUT2D eigenvalue weighted by atomic mass is 35.5. The van der Waals surface area contributed by atoms with Crippen molar-refractivity contribution in [1.29, 1.82) is 0 Å². The highest BCUT2D eigenvalue weighted by Gasteiger charge is 2.11. The molecule has 0 radical (unpaired) electrons. The number of rotatable bonds is 9. The molecule has 0 saturated heterocycles. The van der Waals surface area contributed by atoms with Gasteiger partial charge in [-0.05, 0) is 60.5 Å². The fourth-order valence-corrected chi connectivity index (χ4v) is 3.15. The monoisotopic (exact) mass is 425 g/mol. The Labute approximate surface area is 181 Å². The summed E-state index contributed by atoms with van der Waals surface area (Å²) >= 11 is 6.00. The predicted octanol–water partition coefficient (Wildman–Crippen LogP) is 4.91. The summed E-state index contributed by atoms with van der Waals surface area (Å²) in [6.07, 6.45) is 0.733. The number of nitrogens with one attached hydrogen (secondary N) is 1. The second-order valence-electron chi connectivity index (χ2n) is 6.63. The fourth-order valence-electron chi connectivity index (χ4n) is 2.97. The van der Waals surface area contributed by atoms with E-state index in [9.17, 15) is 4.79 Å². The number of halogens is 1. The van der Waals surface area contributed by atoms with Gasteiger partial charge in [0.2, 0.25) is 0 Å². The van der Waals surface area contributed by atoms with Crippen LogP contribution in [0.4, 0.5) is 0 Å². The Hall–Kier alpha value is -3.18. The Kier molecular flexibility index (Phi) is 7.57. The lowest BCUT2D eigenvalue weighted by atomic mass is 10.1. The van der Waals surface area contributed by atoms with Gasteiger partial charge in [0.1, 0.15) is 23.9 Å². The van der Waals surface area contributed by atoms with E-state index in [1.807, 2.05) is 36.4 Å². The van der Waals surface area contributed by atoms with Crippen molar-refractivity contribution < 1.29 is 19.0 Å². The lowest BCUT2D eigenvalue weighted by Gasteiger charge is -2.13. The molecule has 0 aliphatic rings. The Balaban J connectivity index is 1.60. The van der Waals surface area contributed by atoms with Gasteiger partial charge in [0.25, 0.3) is 5.91 Å². The molecule has 0 atom stereocenters. The van der Waals surface area contributed by atoms with Crippen LogP contribution in [-0.4, -0.2) is 26.7 Å². The van der Waals surface area contributed by atoms with E-state index in [4.69, 9.17) is 25.8 Å². The van der Waals surface area contributed by atoms with Crippen LogP contribution in [0.3, 0.4) is 0 Å². The summed E-state index contributed by atoms with van der Waals surface area (Å²) in [5, 5.41) is 3.55. The van der Waals surface area contributed by atoms with Crippen molar-refractivity contribution in [2.24, 2.45) is 0 Å². The average Bonchev–Trinajstić information content (AvgIpc) is 2.78. The Morgan fingerprint density at radius 2 is 1.73 bits per heavy atom. The molecule has 3 aromatic rings. The predicted molar refractivity (Wildman–Crippen MR) is 118 cm³/mol. The number of benzene rings is 3. The zero-order chi connectivity index (χ0) is 21.3. The third-order valence-electron chi connectivity index (χ3n) is 4.59. The average molecular weight is 426 g/mol. The number of carbonyl (C=O) groups excluding carboxylic acids is 1. The summed E-state index contributed by atoms with van der Waals surface area (Å²) in [5.41, 5.74) is 2.46. The number of ether oxygens (including phenoxy) is 3. The molecule has 3 rings (SSSR count). The third kappa shape index (κ3) is 5.91. The molecule has 1 amide bonds. The zero-order valence-electron chi connectivity index (χ0n) is 17.0. The molecule has 0 unspecified atom stereocenters. The standard InChI is InChI=1S/C24H24ClNO4/c1-28-21-9-6-17(7-10-21)12-13-26-24(27)18-8-11-23(29-2)19(14-18)16-30-22-5-3-4-20(25)15-22/h3-11,14-15H,12-13,16H2,1-2H3,(H,26,27). The summed E-state index contributed by atoms with van der Waals surface area (Å²) in [6, 6.07) is 20.3. The number of hydrogen-bond donors (Lipinski definition) is 1. The van der Waals surface area contributed by atoms with E-state index in [2.05, 4.69) is 5.32 Å². The molecule has 0 aliphatic carbocycles. The number of carbonyl (C=O) groups is 1. The summed E-state index contributed by atoms with van der Waals surface area (Å²) in [6.45, 7) is 0.794. The second-order valence-corrected chi connectivity index (χ2v) is 7.06. The molecular formula is C24H24ClNO4. The van der Waals surface area contributed by atoms with Gasteiger partial charge in [-0.25, -0.2) is 0 Å². The SMILES string of the molecule is COc1ccc(CCNC(=O)c2ccc(OC)c(COc3cccc(Cl)c3)c2)cc1. The van der Waals surface area contributed by atoms with E-state index < -0.39 is 0 Å². The molecule has 0 bridgehead atoms. The van der Waals surface area contributed by atoms with Gasteiger partial charge in [-0.15, -0.1) is 0 Å². The summed E-state index contributed by atoms with van der Waals surface area (Å²) < 4.78 is 16.4. The van der Waals surface area contributed by atoms with Crippen molar-refractivity contribution in [2.75, 3.05) is 20.8 Å². The topological polar surface area (TPSA) is 56.8 Å². The van der Waals surface area contributed by atoms with Crippen LogP contribution in [-0.2, 0) is 13.0 Å². The van der Waals surface area contributed by atoms with E-state index in [1.54, 1.807) is 44.6 Å².